The van der Waals surface area contributed by atoms with E-state index in [-0.39, 0.29) is 11.2 Å². The molecule has 0 unspecified atom stereocenters. The molecule has 0 heterocycles. The maximum Gasteiger partial charge on any atom is 0.509 e. The molecule has 0 bridgehead atoms. The SMILES string of the molecule is CCCC(CC)(CC)OC(=O)OC(CC)(CC)CCC. The average Bonchev–Trinajstić information content (AvgIpc) is 2.46. The molecule has 0 rings (SSSR count). The van der Waals surface area contributed by atoms with E-state index in [0.29, 0.717) is 0 Å². The van der Waals surface area contributed by atoms with E-state index in [0.717, 1.165) is 51.4 Å². The number of ether oxygens (including phenoxy) is 2. The van der Waals surface area contributed by atoms with Crippen LogP contribution in [0.2, 0.25) is 0 Å². The molecule has 0 aromatic carbocycles. The minimum Gasteiger partial charge on any atom is -0.428 e. The van der Waals surface area contributed by atoms with Crippen LogP contribution < -0.4 is 0 Å². The smallest absolute Gasteiger partial charge is 0.428 e. The zero-order valence-electron chi connectivity index (χ0n) is 14.4. The van der Waals surface area contributed by atoms with Crippen LogP contribution in [0, 0.1) is 0 Å². The van der Waals surface area contributed by atoms with Gasteiger partial charge in [-0.2, -0.15) is 0 Å². The molecule has 0 radical (unpaired) electrons. The van der Waals surface area contributed by atoms with E-state index in [1.54, 1.807) is 0 Å². The Balaban J connectivity index is 4.80. The summed E-state index contributed by atoms with van der Waals surface area (Å²) in [6.07, 6.45) is 6.68. The van der Waals surface area contributed by atoms with E-state index in [1.807, 2.05) is 0 Å². The lowest BCUT2D eigenvalue weighted by Gasteiger charge is -2.35. The lowest BCUT2D eigenvalue weighted by Crippen LogP contribution is -2.39. The molecule has 120 valence electrons. The molecule has 0 aliphatic rings. The topological polar surface area (TPSA) is 35.5 Å². The first-order chi connectivity index (χ1) is 9.46. The number of carbonyl (C=O) groups excluding carboxylic acids is 1. The highest BCUT2D eigenvalue weighted by Crippen LogP contribution is 2.31. The van der Waals surface area contributed by atoms with E-state index in [1.165, 1.54) is 0 Å². The molecule has 0 atom stereocenters. The van der Waals surface area contributed by atoms with Gasteiger partial charge in [-0.3, -0.25) is 0 Å². The zero-order chi connectivity index (χ0) is 15.6. The Morgan fingerprint density at radius 1 is 0.700 bits per heavy atom. The fourth-order valence-electron chi connectivity index (χ4n) is 2.88. The standard InChI is InChI=1S/C17H34O3/c1-7-13-16(9-3,10-4)19-15(18)20-17(11-5,12-6)14-8-2/h7-14H2,1-6H3. The Kier molecular flexibility index (Phi) is 8.91. The van der Waals surface area contributed by atoms with Gasteiger partial charge in [0.25, 0.3) is 0 Å². The van der Waals surface area contributed by atoms with Crippen LogP contribution in [0.25, 0.3) is 0 Å². The first-order valence-corrected chi connectivity index (χ1v) is 8.38. The van der Waals surface area contributed by atoms with E-state index < -0.39 is 6.16 Å². The van der Waals surface area contributed by atoms with Gasteiger partial charge in [0.1, 0.15) is 11.2 Å². The summed E-state index contributed by atoms with van der Waals surface area (Å²) in [4.78, 5) is 12.2. The van der Waals surface area contributed by atoms with Gasteiger partial charge >= 0.3 is 6.16 Å². The fourth-order valence-corrected chi connectivity index (χ4v) is 2.88. The highest BCUT2D eigenvalue weighted by atomic mass is 16.7. The van der Waals surface area contributed by atoms with Crippen molar-refractivity contribution in [3.8, 4) is 0 Å². The van der Waals surface area contributed by atoms with Crippen LogP contribution in [0.3, 0.4) is 0 Å². The molecule has 0 saturated heterocycles. The Bertz CT molecular complexity index is 239. The van der Waals surface area contributed by atoms with Gasteiger partial charge in [0, 0.05) is 0 Å². The summed E-state index contributed by atoms with van der Waals surface area (Å²) in [5, 5.41) is 0. The Morgan fingerprint density at radius 2 is 1.00 bits per heavy atom. The van der Waals surface area contributed by atoms with Crippen molar-refractivity contribution in [1.82, 2.24) is 0 Å². The highest BCUT2D eigenvalue weighted by Gasteiger charge is 2.35. The van der Waals surface area contributed by atoms with Gasteiger partial charge in [-0.15, -0.1) is 0 Å². The van der Waals surface area contributed by atoms with Crippen molar-refractivity contribution >= 4 is 6.16 Å². The zero-order valence-corrected chi connectivity index (χ0v) is 14.4. The lowest BCUT2D eigenvalue weighted by molar-refractivity contribution is -0.0923. The predicted octanol–water partition coefficient (Wildman–Crippen LogP) is 5.86. The van der Waals surface area contributed by atoms with Crippen LogP contribution in [0.1, 0.15) is 92.9 Å². The second kappa shape index (κ2) is 9.25. The summed E-state index contributed by atoms with van der Waals surface area (Å²) in [5.41, 5.74) is -0.712. The first-order valence-electron chi connectivity index (χ1n) is 8.38. The summed E-state index contributed by atoms with van der Waals surface area (Å²) in [5.74, 6) is 0. The van der Waals surface area contributed by atoms with Gasteiger partial charge in [-0.05, 0) is 38.5 Å². The van der Waals surface area contributed by atoms with Gasteiger partial charge in [0.15, 0.2) is 0 Å². The largest absolute Gasteiger partial charge is 0.509 e. The minimum absolute atomic E-state index is 0.356. The third kappa shape index (κ3) is 5.34. The quantitative estimate of drug-likeness (QED) is 0.472. The second-order valence-corrected chi connectivity index (χ2v) is 5.73. The van der Waals surface area contributed by atoms with E-state index in [4.69, 9.17) is 9.47 Å². The molecule has 0 saturated carbocycles. The summed E-state index contributed by atoms with van der Waals surface area (Å²) < 4.78 is 11.4. The molecule has 0 fully saturated rings. The van der Waals surface area contributed by atoms with Crippen molar-refractivity contribution in [2.24, 2.45) is 0 Å². The number of carbonyl (C=O) groups is 1. The molecule has 0 spiro atoms. The third-order valence-corrected chi connectivity index (χ3v) is 4.59. The normalized spacial score (nSPS) is 12.3. The summed E-state index contributed by atoms with van der Waals surface area (Å²) in [7, 11) is 0. The minimum atomic E-state index is -0.487. The van der Waals surface area contributed by atoms with Crippen molar-refractivity contribution < 1.29 is 14.3 Å². The van der Waals surface area contributed by atoms with Crippen LogP contribution in [0.15, 0.2) is 0 Å². The fraction of sp³-hybridized carbons (Fsp3) is 0.941. The molecule has 0 N–H and O–H groups in total. The molecular weight excluding hydrogens is 252 g/mol. The van der Waals surface area contributed by atoms with Gasteiger partial charge in [0.05, 0.1) is 0 Å². The van der Waals surface area contributed by atoms with Gasteiger partial charge in [0.2, 0.25) is 0 Å². The number of rotatable bonds is 10. The van der Waals surface area contributed by atoms with Gasteiger partial charge in [-0.25, -0.2) is 4.79 Å². The van der Waals surface area contributed by atoms with Crippen molar-refractivity contribution in [2.45, 2.75) is 104 Å². The molecule has 0 aliphatic heterocycles. The van der Waals surface area contributed by atoms with Gasteiger partial charge < -0.3 is 9.47 Å². The molecular formula is C17H34O3. The Labute approximate surface area is 125 Å². The van der Waals surface area contributed by atoms with Crippen LogP contribution in [-0.4, -0.2) is 17.4 Å². The lowest BCUT2D eigenvalue weighted by atomic mass is 9.91. The van der Waals surface area contributed by atoms with Crippen molar-refractivity contribution in [2.75, 3.05) is 0 Å². The van der Waals surface area contributed by atoms with E-state index in [9.17, 15) is 4.79 Å². The molecule has 3 nitrogen and oxygen atoms in total. The van der Waals surface area contributed by atoms with Gasteiger partial charge in [-0.1, -0.05) is 54.4 Å². The van der Waals surface area contributed by atoms with Crippen LogP contribution in [0.5, 0.6) is 0 Å². The summed E-state index contributed by atoms with van der Waals surface area (Å²) in [6, 6.07) is 0. The Morgan fingerprint density at radius 3 is 1.20 bits per heavy atom. The second-order valence-electron chi connectivity index (χ2n) is 5.73. The molecule has 0 aromatic heterocycles. The Hall–Kier alpha value is -0.730. The summed E-state index contributed by atoms with van der Waals surface area (Å²) >= 11 is 0. The van der Waals surface area contributed by atoms with Crippen molar-refractivity contribution in [1.29, 1.82) is 0 Å². The molecule has 3 heteroatoms. The average molecular weight is 286 g/mol. The molecule has 0 amide bonds. The maximum absolute atomic E-state index is 12.2. The third-order valence-electron chi connectivity index (χ3n) is 4.59. The monoisotopic (exact) mass is 286 g/mol. The maximum atomic E-state index is 12.2. The summed E-state index contributed by atoms with van der Waals surface area (Å²) in [6.45, 7) is 12.5. The highest BCUT2D eigenvalue weighted by molar-refractivity contribution is 5.61. The molecule has 20 heavy (non-hydrogen) atoms. The van der Waals surface area contributed by atoms with Crippen LogP contribution in [0.4, 0.5) is 4.79 Å². The molecule has 0 aromatic rings. The van der Waals surface area contributed by atoms with Crippen LogP contribution >= 0.6 is 0 Å². The molecule has 0 aliphatic carbocycles. The number of hydrogen-bond acceptors (Lipinski definition) is 3. The predicted molar refractivity (Wildman–Crippen MR) is 84.0 cm³/mol. The van der Waals surface area contributed by atoms with E-state index in [2.05, 4.69) is 41.5 Å². The van der Waals surface area contributed by atoms with Crippen LogP contribution in [-0.2, 0) is 9.47 Å². The van der Waals surface area contributed by atoms with E-state index >= 15 is 0 Å². The first kappa shape index (κ1) is 19.3. The van der Waals surface area contributed by atoms with Crippen molar-refractivity contribution in [3.05, 3.63) is 0 Å². The number of hydrogen-bond donors (Lipinski definition) is 0. The van der Waals surface area contributed by atoms with Crippen molar-refractivity contribution in [3.63, 3.8) is 0 Å².